The molecule has 0 spiro atoms. The van der Waals surface area contributed by atoms with Gasteiger partial charge in [-0.1, -0.05) is 36.6 Å². The highest BCUT2D eigenvalue weighted by atomic mass is 35.5. The summed E-state index contributed by atoms with van der Waals surface area (Å²) in [5, 5.41) is 11.3. The number of halogens is 2. The summed E-state index contributed by atoms with van der Waals surface area (Å²) < 4.78 is 8.03. The molecule has 3 aromatic rings. The minimum atomic E-state index is -0.613. The van der Waals surface area contributed by atoms with Gasteiger partial charge in [0.15, 0.2) is 0 Å². The molecule has 1 fully saturated rings. The summed E-state index contributed by atoms with van der Waals surface area (Å²) in [6.07, 6.45) is 4.27. The average molecular weight is 421 g/mol. The number of nitrogens with zero attached hydrogens (tertiary/aromatic N) is 2. The Morgan fingerprint density at radius 1 is 1.21 bits per heavy atom. The van der Waals surface area contributed by atoms with Crippen LogP contribution in [0, 0.1) is 6.92 Å². The van der Waals surface area contributed by atoms with E-state index in [0.29, 0.717) is 17.5 Å². The van der Waals surface area contributed by atoms with Gasteiger partial charge in [-0.15, -0.1) is 12.4 Å². The number of ether oxygens (including phenoxy) is 1. The Kier molecular flexibility index (Phi) is 6.86. The monoisotopic (exact) mass is 420 g/mol. The maximum Gasteiger partial charge on any atom is 0.122 e. The Balaban J connectivity index is 0.00000225. The molecule has 0 bridgehead atoms. The van der Waals surface area contributed by atoms with Crippen molar-refractivity contribution in [2.45, 2.75) is 51.2 Å². The molecule has 0 radical (unpaired) electrons. The number of hydrogen-bond donors (Lipinski definition) is 1. The predicted molar refractivity (Wildman–Crippen MR) is 116 cm³/mol. The van der Waals surface area contributed by atoms with Crippen molar-refractivity contribution >= 4 is 35.0 Å². The van der Waals surface area contributed by atoms with Gasteiger partial charge in [-0.25, -0.2) is 4.98 Å². The first-order valence-corrected chi connectivity index (χ1v) is 10.0. The van der Waals surface area contributed by atoms with E-state index in [1.54, 1.807) is 6.07 Å². The van der Waals surface area contributed by atoms with Crippen molar-refractivity contribution in [2.24, 2.45) is 0 Å². The number of aliphatic hydroxyl groups excluding tert-OH is 1. The van der Waals surface area contributed by atoms with Crippen molar-refractivity contribution in [2.75, 3.05) is 6.61 Å². The number of rotatable bonds is 6. The zero-order chi connectivity index (χ0) is 18.8. The lowest BCUT2D eigenvalue weighted by atomic mass is 10.1. The molecular formula is C22H26Cl2N2O2. The Hall–Kier alpha value is -1.75. The molecule has 6 heteroatoms. The Morgan fingerprint density at radius 2 is 1.96 bits per heavy atom. The van der Waals surface area contributed by atoms with Gasteiger partial charge in [0.25, 0.3) is 0 Å². The maximum absolute atomic E-state index is 10.7. The molecule has 1 aliphatic carbocycles. The number of aryl methyl sites for hydroxylation is 1. The van der Waals surface area contributed by atoms with E-state index in [9.17, 15) is 5.11 Å². The summed E-state index contributed by atoms with van der Waals surface area (Å²) in [6, 6.07) is 13.7. The Bertz CT molecular complexity index is 935. The molecule has 1 aromatic heterocycles. The molecule has 2 aromatic carbocycles. The Morgan fingerprint density at radius 3 is 2.71 bits per heavy atom. The van der Waals surface area contributed by atoms with Gasteiger partial charge < -0.3 is 14.4 Å². The fraction of sp³-hybridized carbons (Fsp3) is 0.409. The molecule has 1 heterocycles. The SMILES string of the molecule is Cc1cc(Cl)ccc1OCC(O)Cn1c(C2CCCC2)nc2ccccc21.Cl. The zero-order valence-corrected chi connectivity index (χ0v) is 17.5. The van der Waals surface area contributed by atoms with Crippen molar-refractivity contribution in [3.05, 3.63) is 58.9 Å². The first kappa shape index (κ1) is 21.0. The van der Waals surface area contributed by atoms with E-state index in [1.165, 1.54) is 25.7 Å². The van der Waals surface area contributed by atoms with E-state index >= 15 is 0 Å². The average Bonchev–Trinajstić information content (AvgIpc) is 3.29. The standard InChI is InChI=1S/C22H25ClN2O2.ClH/c1-15-12-17(23)10-11-21(15)27-14-18(26)13-25-20-9-5-4-8-19(20)24-22(25)16-6-2-3-7-16;/h4-5,8-12,16,18,26H,2-3,6-7,13-14H2,1H3;1H. The number of aromatic nitrogens is 2. The molecule has 1 unspecified atom stereocenters. The van der Waals surface area contributed by atoms with Crippen LogP contribution in [0.4, 0.5) is 0 Å². The van der Waals surface area contributed by atoms with Crippen molar-refractivity contribution in [1.29, 1.82) is 0 Å². The molecule has 4 nitrogen and oxygen atoms in total. The van der Waals surface area contributed by atoms with Crippen LogP contribution in [-0.4, -0.2) is 27.4 Å². The van der Waals surface area contributed by atoms with Gasteiger partial charge in [0.2, 0.25) is 0 Å². The molecule has 1 N–H and O–H groups in total. The summed E-state index contributed by atoms with van der Waals surface area (Å²) in [6.45, 7) is 2.67. The van der Waals surface area contributed by atoms with E-state index in [4.69, 9.17) is 21.3 Å². The van der Waals surface area contributed by atoms with Crippen LogP contribution in [0.5, 0.6) is 5.75 Å². The van der Waals surface area contributed by atoms with Crippen LogP contribution in [-0.2, 0) is 6.54 Å². The minimum absolute atomic E-state index is 0. The molecule has 1 atom stereocenters. The third kappa shape index (κ3) is 4.45. The smallest absolute Gasteiger partial charge is 0.122 e. The lowest BCUT2D eigenvalue weighted by Crippen LogP contribution is -2.25. The summed E-state index contributed by atoms with van der Waals surface area (Å²) >= 11 is 5.99. The van der Waals surface area contributed by atoms with E-state index in [0.717, 1.165) is 28.2 Å². The summed E-state index contributed by atoms with van der Waals surface area (Å²) in [4.78, 5) is 4.89. The molecular weight excluding hydrogens is 395 g/mol. The second kappa shape index (κ2) is 9.17. The van der Waals surface area contributed by atoms with Gasteiger partial charge in [0, 0.05) is 10.9 Å². The normalized spacial score (nSPS) is 15.5. The zero-order valence-electron chi connectivity index (χ0n) is 16.0. The third-order valence-electron chi connectivity index (χ3n) is 5.37. The van der Waals surface area contributed by atoms with E-state index in [2.05, 4.69) is 10.6 Å². The molecule has 0 amide bonds. The largest absolute Gasteiger partial charge is 0.491 e. The van der Waals surface area contributed by atoms with E-state index < -0.39 is 6.10 Å². The molecule has 0 saturated heterocycles. The third-order valence-corrected chi connectivity index (χ3v) is 5.60. The van der Waals surface area contributed by atoms with E-state index in [-0.39, 0.29) is 19.0 Å². The molecule has 1 saturated carbocycles. The van der Waals surface area contributed by atoms with Crippen molar-refractivity contribution in [3.8, 4) is 5.75 Å². The highest BCUT2D eigenvalue weighted by Gasteiger charge is 2.24. The number of benzene rings is 2. The van der Waals surface area contributed by atoms with Crippen molar-refractivity contribution in [3.63, 3.8) is 0 Å². The number of fused-ring (bicyclic) bond motifs is 1. The van der Waals surface area contributed by atoms with Crippen molar-refractivity contribution < 1.29 is 9.84 Å². The highest BCUT2D eigenvalue weighted by Crippen LogP contribution is 2.35. The first-order chi connectivity index (χ1) is 13.1. The molecule has 4 rings (SSSR count). The lowest BCUT2D eigenvalue weighted by molar-refractivity contribution is 0.0921. The second-order valence-electron chi connectivity index (χ2n) is 7.43. The van der Waals surface area contributed by atoms with Gasteiger partial charge in [-0.3, -0.25) is 0 Å². The van der Waals surface area contributed by atoms with Crippen LogP contribution in [0.25, 0.3) is 11.0 Å². The minimum Gasteiger partial charge on any atom is -0.491 e. The molecule has 150 valence electrons. The highest BCUT2D eigenvalue weighted by molar-refractivity contribution is 6.30. The summed E-state index contributed by atoms with van der Waals surface area (Å²) in [5.74, 6) is 2.35. The number of para-hydroxylation sites is 2. The predicted octanol–water partition coefficient (Wildman–Crippen LogP) is 5.52. The number of imidazole rings is 1. The van der Waals surface area contributed by atoms with E-state index in [1.807, 2.05) is 37.3 Å². The van der Waals surface area contributed by atoms with Crippen LogP contribution < -0.4 is 4.74 Å². The Labute approximate surface area is 176 Å². The van der Waals surface area contributed by atoms with Gasteiger partial charge in [0.1, 0.15) is 24.3 Å². The number of aliphatic hydroxyl groups is 1. The summed E-state index contributed by atoms with van der Waals surface area (Å²) in [7, 11) is 0. The van der Waals surface area contributed by atoms with Gasteiger partial charge in [-0.05, 0) is 55.7 Å². The molecule has 0 aliphatic heterocycles. The van der Waals surface area contributed by atoms with Crippen LogP contribution in [0.1, 0.15) is 43.0 Å². The first-order valence-electron chi connectivity index (χ1n) is 9.64. The van der Waals surface area contributed by atoms with Crippen LogP contribution in [0.15, 0.2) is 42.5 Å². The van der Waals surface area contributed by atoms with Crippen molar-refractivity contribution in [1.82, 2.24) is 9.55 Å². The van der Waals surface area contributed by atoms with Gasteiger partial charge in [0.05, 0.1) is 17.6 Å². The van der Waals surface area contributed by atoms with Gasteiger partial charge in [-0.2, -0.15) is 0 Å². The van der Waals surface area contributed by atoms with Crippen LogP contribution in [0.3, 0.4) is 0 Å². The quantitative estimate of drug-likeness (QED) is 0.570. The topological polar surface area (TPSA) is 47.3 Å². The fourth-order valence-corrected chi connectivity index (χ4v) is 4.23. The fourth-order valence-electron chi connectivity index (χ4n) is 4.01. The maximum atomic E-state index is 10.7. The van der Waals surface area contributed by atoms with Crippen LogP contribution >= 0.6 is 24.0 Å². The van der Waals surface area contributed by atoms with Gasteiger partial charge >= 0.3 is 0 Å². The van der Waals surface area contributed by atoms with Crippen LogP contribution in [0.2, 0.25) is 5.02 Å². The second-order valence-corrected chi connectivity index (χ2v) is 7.86. The molecule has 1 aliphatic rings. The number of hydrogen-bond acceptors (Lipinski definition) is 3. The molecule has 28 heavy (non-hydrogen) atoms. The summed E-state index contributed by atoms with van der Waals surface area (Å²) in [5.41, 5.74) is 3.05. The lowest BCUT2D eigenvalue weighted by Gasteiger charge is -2.18.